The summed E-state index contributed by atoms with van der Waals surface area (Å²) in [7, 11) is -1.59. The van der Waals surface area contributed by atoms with E-state index in [1.165, 1.54) is 19.2 Å². The molecule has 0 spiro atoms. The summed E-state index contributed by atoms with van der Waals surface area (Å²) in [4.78, 5) is 26.5. The van der Waals surface area contributed by atoms with E-state index >= 15 is 0 Å². The molecule has 2 heterocycles. The van der Waals surface area contributed by atoms with Gasteiger partial charge in [0.15, 0.2) is 0 Å². The molecule has 1 aromatic heterocycles. The summed E-state index contributed by atoms with van der Waals surface area (Å²) in [5, 5.41) is 10.5. The van der Waals surface area contributed by atoms with E-state index in [9.17, 15) is 14.7 Å². The van der Waals surface area contributed by atoms with Crippen LogP contribution < -0.4 is 11.4 Å². The van der Waals surface area contributed by atoms with E-state index in [2.05, 4.69) is 4.98 Å². The number of nitrogens with two attached hydrogens (primary N) is 1. The Morgan fingerprint density at radius 3 is 2.88 bits per heavy atom. The second-order valence-corrected chi connectivity index (χ2v) is 8.42. The summed E-state index contributed by atoms with van der Waals surface area (Å²) in [6.07, 6.45) is -1.35. The zero-order chi connectivity index (χ0) is 19.3. The molecule has 0 saturated carbocycles. The molecule has 1 aromatic rings. The van der Waals surface area contributed by atoms with Gasteiger partial charge in [-0.3, -0.25) is 0 Å². The van der Waals surface area contributed by atoms with Crippen LogP contribution >= 0.6 is 7.82 Å². The molecule has 2 rings (SSSR count). The SMILES string of the molecule is B[PH]1(OCOC(C)=O)OC[C@H](C)O[C@@H](n2ccc(N)nc2=O)[C@@H](O)CO1. The van der Waals surface area contributed by atoms with Crippen molar-refractivity contribution in [2.24, 2.45) is 0 Å². The number of anilines is 1. The Hall–Kier alpha value is -1.56. The van der Waals surface area contributed by atoms with Gasteiger partial charge in [0, 0.05) is 0 Å². The third kappa shape index (κ3) is 5.73. The molecule has 0 radical (unpaired) electrons. The maximum absolute atomic E-state index is 12.1. The fourth-order valence-electron chi connectivity index (χ4n) is 2.17. The first-order chi connectivity index (χ1) is 12.2. The monoisotopic (exact) mass is 391 g/mol. The van der Waals surface area contributed by atoms with Crippen LogP contribution in [0.2, 0.25) is 0 Å². The van der Waals surface area contributed by atoms with E-state index in [1.807, 2.05) is 0 Å². The van der Waals surface area contributed by atoms with Crippen molar-refractivity contribution in [3.8, 4) is 0 Å². The van der Waals surface area contributed by atoms with E-state index in [1.54, 1.807) is 14.5 Å². The number of nitrogen functional groups attached to an aromatic ring is 1. The average Bonchev–Trinajstić information content (AvgIpc) is 2.60. The molecule has 0 unspecified atom stereocenters. The topological polar surface area (TPSA) is 144 Å². The second kappa shape index (κ2) is 8.89. The minimum absolute atomic E-state index is 0.0651. The molecule has 0 bridgehead atoms. The molecule has 1 aliphatic rings. The summed E-state index contributed by atoms with van der Waals surface area (Å²) in [5.74, 6) is -0.437. The summed E-state index contributed by atoms with van der Waals surface area (Å²) in [5.41, 5.74) is 4.82. The Morgan fingerprint density at radius 1 is 1.54 bits per heavy atom. The van der Waals surface area contributed by atoms with Crippen molar-refractivity contribution in [2.45, 2.75) is 32.3 Å². The summed E-state index contributed by atoms with van der Waals surface area (Å²) in [6.45, 7) is 2.50. The van der Waals surface area contributed by atoms with Crippen molar-refractivity contribution in [2.75, 3.05) is 25.7 Å². The standard InChI is InChI=1S/C13H23BN3O8P/c1-8-5-22-26(14,24-7-21-9(2)18)23-6-10(19)12(25-8)17-4-3-11(15)16-13(17)20/h3-4,8,10,12,19,26H,5-7,14H2,1-2H3,(H2,15,16,20)/t8-,10-,12+/m0/s1. The van der Waals surface area contributed by atoms with Gasteiger partial charge in [0.25, 0.3) is 0 Å². The first kappa shape index (κ1) is 20.8. The van der Waals surface area contributed by atoms with Gasteiger partial charge in [-0.05, 0) is 0 Å². The summed E-state index contributed by atoms with van der Waals surface area (Å²) >= 11 is 0. The molecule has 3 atom stereocenters. The molecule has 11 nitrogen and oxygen atoms in total. The van der Waals surface area contributed by atoms with Crippen LogP contribution in [0.1, 0.15) is 20.1 Å². The van der Waals surface area contributed by atoms with Gasteiger partial charge in [-0.25, -0.2) is 0 Å². The number of hydrogen-bond donors (Lipinski definition) is 2. The Morgan fingerprint density at radius 2 is 2.23 bits per heavy atom. The van der Waals surface area contributed by atoms with Crippen LogP contribution in [0, 0.1) is 0 Å². The number of aliphatic hydroxyl groups excluding tert-OH is 1. The molecule has 13 heteroatoms. The molecule has 3 N–H and O–H groups in total. The van der Waals surface area contributed by atoms with Crippen molar-refractivity contribution in [3.63, 3.8) is 0 Å². The fourth-order valence-corrected chi connectivity index (χ4v) is 3.70. The van der Waals surface area contributed by atoms with Gasteiger partial charge in [0.2, 0.25) is 0 Å². The molecule has 1 aliphatic heterocycles. The number of aromatic nitrogens is 2. The van der Waals surface area contributed by atoms with E-state index < -0.39 is 37.9 Å². The Labute approximate surface area is 151 Å². The van der Waals surface area contributed by atoms with Crippen LogP contribution in [-0.2, 0) is 27.8 Å². The fraction of sp³-hybridized carbons (Fsp3) is 0.615. The molecular weight excluding hydrogens is 368 g/mol. The minimum atomic E-state index is -3.20. The third-order valence-electron chi connectivity index (χ3n) is 3.51. The summed E-state index contributed by atoms with van der Waals surface area (Å²) in [6, 6.07) is 1.42. The van der Waals surface area contributed by atoms with Crippen molar-refractivity contribution >= 4 is 27.2 Å². The first-order valence-electron chi connectivity index (χ1n) is 7.93. The zero-order valence-electron chi connectivity index (χ0n) is 14.8. The van der Waals surface area contributed by atoms with Crippen LogP contribution in [0.25, 0.3) is 0 Å². The van der Waals surface area contributed by atoms with Crippen molar-refractivity contribution in [3.05, 3.63) is 22.7 Å². The molecule has 1 fully saturated rings. The molecule has 0 amide bonds. The van der Waals surface area contributed by atoms with Crippen LogP contribution in [0.3, 0.4) is 0 Å². The molecular formula is C13H23BN3O8P. The van der Waals surface area contributed by atoms with Crippen LogP contribution in [-0.4, -0.2) is 60.4 Å². The number of esters is 1. The molecule has 0 aliphatic carbocycles. The number of ether oxygens (including phenoxy) is 2. The van der Waals surface area contributed by atoms with Crippen LogP contribution in [0.4, 0.5) is 5.82 Å². The zero-order valence-corrected chi connectivity index (χ0v) is 15.8. The maximum atomic E-state index is 12.1. The number of carbonyl (C=O) groups excluding carboxylic acids is 1. The van der Waals surface area contributed by atoms with Crippen molar-refractivity contribution in [1.82, 2.24) is 9.55 Å². The third-order valence-corrected chi connectivity index (χ3v) is 5.53. The van der Waals surface area contributed by atoms with Gasteiger partial charge in [-0.1, -0.05) is 0 Å². The van der Waals surface area contributed by atoms with Gasteiger partial charge < -0.3 is 0 Å². The molecule has 146 valence electrons. The van der Waals surface area contributed by atoms with E-state index in [0.29, 0.717) is 0 Å². The predicted molar refractivity (Wildman–Crippen MR) is 95.0 cm³/mol. The molecule has 1 saturated heterocycles. The molecule has 26 heavy (non-hydrogen) atoms. The van der Waals surface area contributed by atoms with Crippen LogP contribution in [0.5, 0.6) is 0 Å². The number of hydrogen-bond acceptors (Lipinski definition) is 10. The molecule has 0 aromatic carbocycles. The van der Waals surface area contributed by atoms with E-state index in [-0.39, 0.29) is 25.8 Å². The summed E-state index contributed by atoms with van der Waals surface area (Å²) < 4.78 is 28.3. The van der Waals surface area contributed by atoms with E-state index in [0.717, 1.165) is 4.57 Å². The normalized spacial score (nSPS) is 27.6. The number of aliphatic hydroxyl groups is 1. The van der Waals surface area contributed by atoms with Gasteiger partial charge in [-0.2, -0.15) is 0 Å². The van der Waals surface area contributed by atoms with Crippen LogP contribution in [0.15, 0.2) is 17.1 Å². The van der Waals surface area contributed by atoms with Gasteiger partial charge in [0.1, 0.15) is 0 Å². The second-order valence-electron chi connectivity index (χ2n) is 5.83. The van der Waals surface area contributed by atoms with Gasteiger partial charge in [-0.15, -0.1) is 0 Å². The number of rotatable bonds is 4. The Bertz CT molecular complexity index is 692. The van der Waals surface area contributed by atoms with Gasteiger partial charge in [0.05, 0.1) is 0 Å². The van der Waals surface area contributed by atoms with Crippen molar-refractivity contribution < 1.29 is 32.9 Å². The number of carbonyl (C=O) groups is 1. The quantitative estimate of drug-likeness (QED) is 0.275. The predicted octanol–water partition coefficient (Wildman–Crippen LogP) is -1.28. The van der Waals surface area contributed by atoms with E-state index in [4.69, 9.17) is 28.8 Å². The van der Waals surface area contributed by atoms with Crippen molar-refractivity contribution in [1.29, 1.82) is 0 Å². The van der Waals surface area contributed by atoms with Gasteiger partial charge >= 0.3 is 150 Å². The number of nitrogens with zero attached hydrogens (tertiary/aromatic N) is 2. The Balaban J connectivity index is 2.15. The first-order valence-corrected chi connectivity index (χ1v) is 10.2. The average molecular weight is 391 g/mol. The Kier molecular flexibility index (Phi) is 7.10.